The number of ether oxygens (including phenoxy) is 10. The number of esters is 4. The maximum atomic E-state index is 12.1. The van der Waals surface area contributed by atoms with Gasteiger partial charge in [0.25, 0.3) is 5.54 Å². The fourth-order valence-electron chi connectivity index (χ4n) is 16.7. The van der Waals surface area contributed by atoms with Gasteiger partial charge in [-0.05, 0) is 319 Å². The Balaban J connectivity index is -0.000000306. The normalized spacial score (nSPS) is 15.6. The second-order valence-corrected chi connectivity index (χ2v) is 35.1. The summed E-state index contributed by atoms with van der Waals surface area (Å²) in [6.45, 7) is 25.1. The zero-order valence-corrected chi connectivity index (χ0v) is 84.1. The van der Waals surface area contributed by atoms with Crippen LogP contribution in [0.15, 0.2) is 140 Å². The van der Waals surface area contributed by atoms with Crippen molar-refractivity contribution in [2.45, 2.75) is 381 Å². The number of methoxy groups -OCH3 is 4. The first-order valence-electron chi connectivity index (χ1n) is 47.2. The molecular weight excluding hydrogens is 1850 g/mol. The number of halogens is 2. The molecule has 0 aliphatic heterocycles. The summed E-state index contributed by atoms with van der Waals surface area (Å²) in [5, 5.41) is 36.7. The number of phenolic OH excluding ortho intramolecular Hbond substituents is 1. The van der Waals surface area contributed by atoms with Crippen LogP contribution in [0.1, 0.15) is 356 Å². The summed E-state index contributed by atoms with van der Waals surface area (Å²) in [7, 11) is 4.24. The number of carbonyl (C=O) groups is 7. The van der Waals surface area contributed by atoms with E-state index < -0.39 is 36.0 Å². The maximum Gasteiger partial charge on any atom is 1.00 e. The van der Waals surface area contributed by atoms with Crippen LogP contribution in [0.3, 0.4) is 0 Å². The standard InChI is InChI=1S/C22H29NO5.C21H25NO4.C14H17NO.C13H17ClO.C13H18O2.C13H16O2.C8H8O2.C4H6O2.CH3F.9CH4.B.Na.H/c1-16-9-10-17(15-19(16)28-18-7-5-6-8-18)22(23-2,13-11-20(24)26-3)14-12-21(25)27-4;1-14-7-8-15(11-19(14)26-16-5-3-4-6-16)21(13-22)10-9-18(23)17(12-21)20(24)25-2;1-11-6-7-12(8-9-15)10-14(11)16-13-4-2-3-5-13;3*1-10-6-7-11(9-14)8-13(10)15-12-4-2-3-5-12;1-6-2-3-7(5-9)4-8(6)10;1-3-4(5)6-2;1-2;;;;;;;;;;;;/h9-10,15,18H,5-8,11-14H2,1,3-4H3;7-8,11,16-17H,3-6,9-10,12H2,1-2H3;6-7,10,13H,2-5,8H2,1H3;6-8,12H,2-5,9H2,1H3;6-8,12,14H,2-5,9H2,1H3;6-9,12H,2-5H2,1H3;2-5,10H,1H3;3H,1H2,2H3;1H3;9*1H4;;;/q;;;;;;;;;;;;;;;;;;;+1;-1/i;;;;;;;;1D;;;;;;;;;;;;. The maximum absolute atomic E-state index is 12.1. The molecule has 7 aliphatic carbocycles. The van der Waals surface area contributed by atoms with Crippen molar-refractivity contribution < 1.29 is 128 Å². The number of nitriles is 2. The summed E-state index contributed by atoms with van der Waals surface area (Å²) in [5.41, 5.74) is 11.4. The first-order chi connectivity index (χ1) is 64.5. The van der Waals surface area contributed by atoms with E-state index in [2.05, 4.69) is 60.3 Å². The number of hydrogen-bond donors (Lipinski definition) is 2. The van der Waals surface area contributed by atoms with E-state index in [1.165, 1.54) is 156 Å². The summed E-state index contributed by atoms with van der Waals surface area (Å²) in [4.78, 5) is 82.1. The summed E-state index contributed by atoms with van der Waals surface area (Å²) in [6.07, 6.45) is 35.2. The van der Waals surface area contributed by atoms with E-state index in [0.717, 1.165) is 147 Å². The molecule has 0 spiro atoms. The second kappa shape index (κ2) is 77.9. The number of hydrogen-bond acceptors (Lipinski definition) is 21. The smallest absolute Gasteiger partial charge is 1.00 e. The first kappa shape index (κ1) is 142. The molecule has 7 aromatic carbocycles. The summed E-state index contributed by atoms with van der Waals surface area (Å²) >= 11 is 5.81. The number of aryl methyl sites for hydroxylation is 7. The number of aliphatic hydroxyl groups is 1. The van der Waals surface area contributed by atoms with Gasteiger partial charge >= 0.3 is 53.4 Å². The van der Waals surface area contributed by atoms with Gasteiger partial charge in [0.05, 0.1) is 117 Å². The van der Waals surface area contributed by atoms with E-state index in [1.54, 1.807) is 19.1 Å². The molecule has 26 heteroatoms. The van der Waals surface area contributed by atoms with Crippen LogP contribution in [0.5, 0.6) is 40.2 Å². The Morgan fingerprint density at radius 3 is 1.16 bits per heavy atom. The number of aliphatic hydroxyl groups excluding tert-OH is 1. The van der Waals surface area contributed by atoms with Crippen molar-refractivity contribution in [3.63, 3.8) is 0 Å². The Morgan fingerprint density at radius 1 is 0.507 bits per heavy atom. The molecule has 795 valence electrons. The molecule has 7 fully saturated rings. The molecule has 2 atom stereocenters. The fourth-order valence-corrected chi connectivity index (χ4v) is 16.9. The largest absolute Gasteiger partial charge is 1.00 e. The van der Waals surface area contributed by atoms with Gasteiger partial charge in [0, 0.05) is 56.3 Å². The van der Waals surface area contributed by atoms with Crippen LogP contribution in [0, 0.1) is 83.6 Å². The van der Waals surface area contributed by atoms with Gasteiger partial charge in [0.1, 0.15) is 64.5 Å². The molecule has 144 heavy (non-hydrogen) atoms. The van der Waals surface area contributed by atoms with Crippen molar-refractivity contribution in [3.05, 3.63) is 229 Å². The van der Waals surface area contributed by atoms with Crippen molar-refractivity contribution in [1.82, 2.24) is 0 Å². The zero-order valence-electron chi connectivity index (χ0n) is 83.4. The Bertz CT molecular complexity index is 4930. The Morgan fingerprint density at radius 2 is 0.833 bits per heavy atom. The van der Waals surface area contributed by atoms with Crippen molar-refractivity contribution >= 4 is 62.2 Å². The minimum absolute atomic E-state index is 0. The van der Waals surface area contributed by atoms with E-state index in [0.29, 0.717) is 60.6 Å². The molecule has 0 heterocycles. The number of benzene rings is 7. The monoisotopic (exact) mass is 2030 g/mol. The summed E-state index contributed by atoms with van der Waals surface area (Å²) < 4.78 is 70.1. The molecule has 3 radical (unpaired) electrons. The van der Waals surface area contributed by atoms with Gasteiger partial charge in [-0.15, -0.1) is 11.6 Å². The van der Waals surface area contributed by atoms with Gasteiger partial charge in [-0.1, -0.05) is 158 Å². The molecule has 7 aromatic rings. The van der Waals surface area contributed by atoms with E-state index in [9.17, 15) is 43.2 Å². The molecule has 0 amide bonds. The fraction of sp³-hybridized carbons (Fsp3) is 0.542. The van der Waals surface area contributed by atoms with Gasteiger partial charge in [-0.3, -0.25) is 33.2 Å². The van der Waals surface area contributed by atoms with Gasteiger partial charge in [0.15, 0.2) is 0 Å². The van der Waals surface area contributed by atoms with Crippen molar-refractivity contribution in [2.75, 3.05) is 35.6 Å². The number of rotatable bonds is 27. The van der Waals surface area contributed by atoms with Crippen LogP contribution in [-0.4, -0.2) is 133 Å². The molecule has 2 N–H and O–H groups in total. The molecule has 2 unspecified atom stereocenters. The molecule has 14 rings (SSSR count). The van der Waals surface area contributed by atoms with Crippen LogP contribution in [-0.2, 0) is 72.8 Å². The third kappa shape index (κ3) is 47.8. The number of aldehydes is 2. The molecule has 7 saturated carbocycles. The first-order valence-corrected chi connectivity index (χ1v) is 47.0. The average Bonchev–Trinajstić information content (AvgIpc) is 0.901. The van der Waals surface area contributed by atoms with Gasteiger partial charge in [0.2, 0.25) is 0 Å². The number of aromatic hydroxyl groups is 1. The van der Waals surface area contributed by atoms with Gasteiger partial charge in [-0.25, -0.2) is 11.4 Å². The third-order valence-corrected chi connectivity index (χ3v) is 25.4. The van der Waals surface area contributed by atoms with Crippen LogP contribution in [0.4, 0.5) is 4.39 Å². The SMILES string of the molecule is C.C.C.C.C.C.C.C.C.C=CC(=O)OC.COC(=O)C1CC(C#N)(c2ccc(C)c(OC3CCCC3)c2)CCC1=O.Cc1ccc(C=O)cc1O.Cc1ccc(C=O)cc1OC1CCCC1.Cc1ccc(CC#N)cc1OC1CCCC1.Cc1ccc(CCl)cc1OC1CCCC1.Cc1ccc(CO)cc1OC1CCCC1.[2H]CF.[B].[C-]#[N+]C(CCC(=O)OC)(CCC(=O)OC)c1ccc(C)c(OC2CCCC2)c1.[H-].[Na+]. The topological polar surface area (TPSA) is 304 Å². The third-order valence-electron chi connectivity index (χ3n) is 25.1. The van der Waals surface area contributed by atoms with E-state index >= 15 is 0 Å². The Kier molecular flexibility index (Phi) is 76.8. The zero-order chi connectivity index (χ0) is 98.0. The molecule has 0 saturated heterocycles. The summed E-state index contributed by atoms with van der Waals surface area (Å²) in [5.74, 6) is 3.38. The Hall–Kier alpha value is -10.5. The van der Waals surface area contributed by atoms with Crippen LogP contribution in [0.2, 0.25) is 0 Å². The predicted molar refractivity (Wildman–Crippen MR) is 582 cm³/mol. The van der Waals surface area contributed by atoms with Crippen molar-refractivity contribution in [1.29, 1.82) is 10.5 Å². The number of ketones is 1. The minimum atomic E-state index is -1.01. The molecule has 7 aliphatic rings. The van der Waals surface area contributed by atoms with E-state index in [-0.39, 0.29) is 187 Å². The van der Waals surface area contributed by atoms with E-state index in [1.807, 2.05) is 119 Å². The van der Waals surface area contributed by atoms with Crippen molar-refractivity contribution in [2.24, 2.45) is 5.92 Å². The van der Waals surface area contributed by atoms with Crippen LogP contribution < -0.4 is 58.0 Å². The molecule has 0 aromatic heterocycles. The number of nitrogens with zero attached hydrogens (tertiary/aromatic N) is 3. The van der Waals surface area contributed by atoms with Gasteiger partial charge < -0.3 is 63.9 Å². The van der Waals surface area contributed by atoms with Crippen LogP contribution in [0.25, 0.3) is 4.85 Å². The number of phenols is 1. The number of alkyl halides is 2. The quantitative estimate of drug-likeness (QED) is 0.00706. The molecular formula is C118H176BClFN3NaO19. The molecule has 0 bridgehead atoms. The minimum Gasteiger partial charge on any atom is -1.00 e. The van der Waals surface area contributed by atoms with Crippen LogP contribution >= 0.6 is 11.6 Å². The second-order valence-electron chi connectivity index (χ2n) is 34.8. The summed E-state index contributed by atoms with van der Waals surface area (Å²) in [6, 6.07) is 44.7. The van der Waals surface area contributed by atoms with Crippen molar-refractivity contribution in [3.8, 4) is 52.4 Å². The van der Waals surface area contributed by atoms with E-state index in [4.69, 9.17) is 77.7 Å². The molecule has 22 nitrogen and oxygen atoms in total. The van der Waals surface area contributed by atoms with Gasteiger partial charge in [-0.2, -0.15) is 10.5 Å². The average molecular weight is 2030 g/mol. The number of Topliss-reactive ketones (excluding diaryl/α,β-unsaturated/α-hetero) is 1. The predicted octanol–water partition coefficient (Wildman–Crippen LogP) is 26.2. The number of carbonyl (C=O) groups excluding carboxylic acids is 7. The Labute approximate surface area is 898 Å².